The molecule has 1 aromatic heterocycles. The zero-order valence-corrected chi connectivity index (χ0v) is 11.5. The van der Waals surface area contributed by atoms with E-state index in [4.69, 9.17) is 5.73 Å². The zero-order chi connectivity index (χ0) is 13.9. The van der Waals surface area contributed by atoms with Crippen molar-refractivity contribution in [2.24, 2.45) is 0 Å². The van der Waals surface area contributed by atoms with E-state index >= 15 is 0 Å². The summed E-state index contributed by atoms with van der Waals surface area (Å²) in [4.78, 5) is 4.45. The molecule has 1 heterocycles. The molecule has 0 aliphatic rings. The van der Waals surface area contributed by atoms with E-state index in [9.17, 15) is 0 Å². The Balaban J connectivity index is 1.91. The van der Waals surface area contributed by atoms with Crippen molar-refractivity contribution in [2.75, 3.05) is 5.73 Å². The van der Waals surface area contributed by atoms with Crippen LogP contribution in [0.25, 0.3) is 11.3 Å². The smallest absolute Gasteiger partial charge is 0.131 e. The van der Waals surface area contributed by atoms with E-state index in [0.29, 0.717) is 5.82 Å². The van der Waals surface area contributed by atoms with Gasteiger partial charge in [-0.25, -0.2) is 4.98 Å². The molecule has 0 aliphatic heterocycles. The fourth-order valence-electron chi connectivity index (χ4n) is 2.23. The lowest BCUT2D eigenvalue weighted by Crippen LogP contribution is -2.03. The van der Waals surface area contributed by atoms with Crippen molar-refractivity contribution in [3.8, 4) is 11.3 Å². The fourth-order valence-corrected chi connectivity index (χ4v) is 2.23. The van der Waals surface area contributed by atoms with Crippen LogP contribution in [0.3, 0.4) is 0 Å². The van der Waals surface area contributed by atoms with Gasteiger partial charge in [0.2, 0.25) is 0 Å². The normalized spacial score (nSPS) is 10.7. The summed E-state index contributed by atoms with van der Waals surface area (Å²) in [7, 11) is 0. The van der Waals surface area contributed by atoms with Gasteiger partial charge in [-0.2, -0.15) is 0 Å². The molecule has 2 N–H and O–H groups in total. The van der Waals surface area contributed by atoms with Crippen LogP contribution in [-0.4, -0.2) is 9.55 Å². The summed E-state index contributed by atoms with van der Waals surface area (Å²) in [5.41, 5.74) is 10.6. The van der Waals surface area contributed by atoms with Crippen LogP contribution < -0.4 is 5.73 Å². The van der Waals surface area contributed by atoms with Gasteiger partial charge in [-0.15, -0.1) is 0 Å². The van der Waals surface area contributed by atoms with Gasteiger partial charge >= 0.3 is 0 Å². The average molecular weight is 263 g/mol. The molecule has 0 unspecified atom stereocenters. The molecule has 3 rings (SSSR count). The van der Waals surface area contributed by atoms with Crippen molar-refractivity contribution in [1.82, 2.24) is 9.55 Å². The van der Waals surface area contributed by atoms with E-state index < -0.39 is 0 Å². The lowest BCUT2D eigenvalue weighted by Gasteiger charge is -2.06. The molecule has 0 spiro atoms. The highest BCUT2D eigenvalue weighted by Crippen LogP contribution is 2.25. The molecule has 0 amide bonds. The molecule has 3 aromatic rings. The molecule has 100 valence electrons. The number of anilines is 1. The Bertz CT molecular complexity index is 697. The molecule has 0 bridgehead atoms. The first-order valence-corrected chi connectivity index (χ1v) is 6.65. The molecule has 0 aliphatic carbocycles. The van der Waals surface area contributed by atoms with Crippen molar-refractivity contribution in [3.05, 3.63) is 72.1 Å². The lowest BCUT2D eigenvalue weighted by molar-refractivity contribution is 0.808. The monoisotopic (exact) mass is 263 g/mol. The standard InChI is InChI=1S/C17H17N3/c1-13-7-9-15(10-8-13)16-17(18)20(12-19-16)11-14-5-3-2-4-6-14/h2-10,12H,11,18H2,1H3. The van der Waals surface area contributed by atoms with E-state index in [-0.39, 0.29) is 0 Å². The van der Waals surface area contributed by atoms with E-state index in [2.05, 4.69) is 48.3 Å². The van der Waals surface area contributed by atoms with Crippen LogP contribution in [0.1, 0.15) is 11.1 Å². The summed E-state index contributed by atoms with van der Waals surface area (Å²) < 4.78 is 1.98. The maximum atomic E-state index is 6.22. The highest BCUT2D eigenvalue weighted by Gasteiger charge is 2.09. The maximum Gasteiger partial charge on any atom is 0.131 e. The lowest BCUT2D eigenvalue weighted by atomic mass is 10.1. The Kier molecular flexibility index (Phi) is 3.25. The number of imidazole rings is 1. The Hall–Kier alpha value is -2.55. The fraction of sp³-hybridized carbons (Fsp3) is 0.118. The Morgan fingerprint density at radius 1 is 1.00 bits per heavy atom. The molecule has 20 heavy (non-hydrogen) atoms. The average Bonchev–Trinajstić information content (AvgIpc) is 2.83. The number of nitrogen functional groups attached to an aromatic ring is 1. The number of aromatic nitrogens is 2. The predicted molar refractivity (Wildman–Crippen MR) is 82.4 cm³/mol. The van der Waals surface area contributed by atoms with Crippen molar-refractivity contribution < 1.29 is 0 Å². The summed E-state index contributed by atoms with van der Waals surface area (Å²) in [5, 5.41) is 0. The topological polar surface area (TPSA) is 43.8 Å². The Labute approximate surface area is 118 Å². The number of aryl methyl sites for hydroxylation is 1. The molecular formula is C17H17N3. The summed E-state index contributed by atoms with van der Waals surface area (Å²) in [5.74, 6) is 0.706. The second-order valence-electron chi connectivity index (χ2n) is 4.96. The second kappa shape index (κ2) is 5.21. The molecule has 2 aromatic carbocycles. The highest BCUT2D eigenvalue weighted by molar-refractivity contribution is 5.70. The van der Waals surface area contributed by atoms with Crippen LogP contribution in [0.2, 0.25) is 0 Å². The number of nitrogens with zero attached hydrogens (tertiary/aromatic N) is 2. The van der Waals surface area contributed by atoms with E-state index in [1.165, 1.54) is 11.1 Å². The molecule has 0 atom stereocenters. The van der Waals surface area contributed by atoms with Crippen LogP contribution in [-0.2, 0) is 6.54 Å². The van der Waals surface area contributed by atoms with Crippen LogP contribution >= 0.6 is 0 Å². The summed E-state index contributed by atoms with van der Waals surface area (Å²) >= 11 is 0. The van der Waals surface area contributed by atoms with Gasteiger partial charge in [0.15, 0.2) is 0 Å². The number of hydrogen-bond donors (Lipinski definition) is 1. The van der Waals surface area contributed by atoms with Gasteiger partial charge in [0.25, 0.3) is 0 Å². The zero-order valence-electron chi connectivity index (χ0n) is 11.5. The van der Waals surface area contributed by atoms with Gasteiger partial charge < -0.3 is 10.3 Å². The minimum absolute atomic E-state index is 0.706. The van der Waals surface area contributed by atoms with Gasteiger partial charge in [0, 0.05) is 5.56 Å². The van der Waals surface area contributed by atoms with Crippen LogP contribution in [0, 0.1) is 6.92 Å². The first-order chi connectivity index (χ1) is 9.74. The number of rotatable bonds is 3. The third-order valence-corrected chi connectivity index (χ3v) is 3.40. The predicted octanol–water partition coefficient (Wildman–Crippen LogP) is 3.49. The minimum atomic E-state index is 0.706. The van der Waals surface area contributed by atoms with E-state index in [1.807, 2.05) is 22.8 Å². The van der Waals surface area contributed by atoms with Crippen molar-refractivity contribution in [2.45, 2.75) is 13.5 Å². The van der Waals surface area contributed by atoms with Crippen LogP contribution in [0.15, 0.2) is 60.9 Å². The van der Waals surface area contributed by atoms with Crippen LogP contribution in [0.4, 0.5) is 5.82 Å². The van der Waals surface area contributed by atoms with Crippen LogP contribution in [0.5, 0.6) is 0 Å². The summed E-state index contributed by atoms with van der Waals surface area (Å²) in [6.07, 6.45) is 1.80. The van der Waals surface area contributed by atoms with Crippen molar-refractivity contribution in [1.29, 1.82) is 0 Å². The Morgan fingerprint density at radius 2 is 1.70 bits per heavy atom. The molecule has 3 nitrogen and oxygen atoms in total. The molecular weight excluding hydrogens is 246 g/mol. The third kappa shape index (κ3) is 2.43. The van der Waals surface area contributed by atoms with Gasteiger partial charge in [-0.3, -0.25) is 0 Å². The van der Waals surface area contributed by atoms with Crippen molar-refractivity contribution in [3.63, 3.8) is 0 Å². The quantitative estimate of drug-likeness (QED) is 0.786. The minimum Gasteiger partial charge on any atom is -0.383 e. The van der Waals surface area contributed by atoms with E-state index in [1.54, 1.807) is 6.33 Å². The van der Waals surface area contributed by atoms with Gasteiger partial charge in [0.1, 0.15) is 11.5 Å². The SMILES string of the molecule is Cc1ccc(-c2ncn(Cc3ccccc3)c2N)cc1. The highest BCUT2D eigenvalue weighted by atomic mass is 15.1. The number of hydrogen-bond acceptors (Lipinski definition) is 2. The molecule has 0 saturated carbocycles. The number of benzene rings is 2. The molecule has 3 heteroatoms. The third-order valence-electron chi connectivity index (χ3n) is 3.40. The first-order valence-electron chi connectivity index (χ1n) is 6.65. The molecule has 0 radical (unpaired) electrons. The van der Waals surface area contributed by atoms with Gasteiger partial charge in [-0.05, 0) is 12.5 Å². The number of nitrogens with two attached hydrogens (primary N) is 1. The molecule has 0 fully saturated rings. The first kappa shape index (κ1) is 12.5. The Morgan fingerprint density at radius 3 is 2.40 bits per heavy atom. The maximum absolute atomic E-state index is 6.22. The summed E-state index contributed by atoms with van der Waals surface area (Å²) in [6.45, 7) is 2.81. The summed E-state index contributed by atoms with van der Waals surface area (Å²) in [6, 6.07) is 18.5. The van der Waals surface area contributed by atoms with Crippen molar-refractivity contribution >= 4 is 5.82 Å². The van der Waals surface area contributed by atoms with Gasteiger partial charge in [-0.1, -0.05) is 60.2 Å². The van der Waals surface area contributed by atoms with E-state index in [0.717, 1.165) is 17.8 Å². The largest absolute Gasteiger partial charge is 0.383 e. The molecule has 0 saturated heterocycles. The van der Waals surface area contributed by atoms with Gasteiger partial charge in [0.05, 0.1) is 12.9 Å². The second-order valence-corrected chi connectivity index (χ2v) is 4.96.